The van der Waals surface area contributed by atoms with Gasteiger partial charge in [0.1, 0.15) is 11.5 Å². The highest BCUT2D eigenvalue weighted by atomic mass is 32.1. The van der Waals surface area contributed by atoms with Gasteiger partial charge in [0.05, 0.1) is 9.88 Å². The number of halogens is 1. The minimum absolute atomic E-state index is 0.0844. The molecule has 1 aromatic carbocycles. The third kappa shape index (κ3) is 2.14. The summed E-state index contributed by atoms with van der Waals surface area (Å²) in [6, 6.07) is 6.97. The van der Waals surface area contributed by atoms with Gasteiger partial charge in [-0.15, -0.1) is 11.3 Å². The molecule has 0 radical (unpaired) electrons. The molecule has 0 aliphatic carbocycles. The van der Waals surface area contributed by atoms with Crippen LogP contribution in [0.2, 0.25) is 0 Å². The van der Waals surface area contributed by atoms with E-state index in [0.717, 1.165) is 24.6 Å². The summed E-state index contributed by atoms with van der Waals surface area (Å²) in [5, 5.41) is 4.11. The Hall–Kier alpha value is -1.79. The molecule has 6 heteroatoms. The molecule has 2 saturated heterocycles. The summed E-state index contributed by atoms with van der Waals surface area (Å²) in [6.45, 7) is 4.31. The molecule has 4 nitrogen and oxygen atoms in total. The minimum atomic E-state index is -0.316. The lowest BCUT2D eigenvalue weighted by atomic mass is 9.96. The number of rotatable bonds is 2. The first-order chi connectivity index (χ1) is 10.6. The zero-order valence-electron chi connectivity index (χ0n) is 12.2. The number of thiazole rings is 1. The van der Waals surface area contributed by atoms with Crippen LogP contribution < -0.4 is 5.32 Å². The Labute approximate surface area is 132 Å². The van der Waals surface area contributed by atoms with E-state index in [4.69, 9.17) is 0 Å². The number of aromatic nitrogens is 1. The van der Waals surface area contributed by atoms with E-state index in [1.54, 1.807) is 18.2 Å². The Kier molecular flexibility index (Phi) is 3.23. The molecule has 0 unspecified atom stereocenters. The molecule has 2 aliphatic heterocycles. The number of carbonyl (C=O) groups excluding carboxylic acids is 1. The van der Waals surface area contributed by atoms with Crippen LogP contribution in [0.4, 0.5) is 4.39 Å². The highest BCUT2D eigenvalue weighted by Crippen LogP contribution is 2.34. The van der Waals surface area contributed by atoms with Gasteiger partial charge >= 0.3 is 0 Å². The van der Waals surface area contributed by atoms with Gasteiger partial charge in [0, 0.05) is 37.2 Å². The highest BCUT2D eigenvalue weighted by molar-refractivity contribution is 7.15. The Morgan fingerprint density at radius 3 is 2.86 bits per heavy atom. The largest absolute Gasteiger partial charge is 0.335 e. The first-order valence-electron chi connectivity index (χ1n) is 7.38. The maximum absolute atomic E-state index is 14.1. The second-order valence-electron chi connectivity index (χ2n) is 5.88. The van der Waals surface area contributed by atoms with Crippen LogP contribution in [0.25, 0.3) is 10.4 Å². The van der Waals surface area contributed by atoms with Crippen LogP contribution in [0.1, 0.15) is 15.5 Å². The van der Waals surface area contributed by atoms with Crippen molar-refractivity contribution in [1.29, 1.82) is 0 Å². The number of nitrogens with one attached hydrogen (secondary N) is 1. The fourth-order valence-corrected chi connectivity index (χ4v) is 4.10. The standard InChI is InChI=1S/C16H16FN3OS/c1-9-19-14(15(22-9)11-4-2-3-5-12(11)17)16(21)20-7-10-6-18-13(10)8-20/h2-5,10,13,18H,6-8H2,1H3/t10-,13-/m0/s1. The van der Waals surface area contributed by atoms with Gasteiger partial charge in [0.2, 0.25) is 0 Å². The van der Waals surface area contributed by atoms with Crippen LogP contribution in [0.15, 0.2) is 24.3 Å². The van der Waals surface area contributed by atoms with E-state index < -0.39 is 0 Å². The summed E-state index contributed by atoms with van der Waals surface area (Å²) < 4.78 is 14.1. The first kappa shape index (κ1) is 13.8. The monoisotopic (exact) mass is 317 g/mol. The smallest absolute Gasteiger partial charge is 0.274 e. The van der Waals surface area contributed by atoms with E-state index in [-0.39, 0.29) is 11.7 Å². The van der Waals surface area contributed by atoms with Gasteiger partial charge in [-0.05, 0) is 13.0 Å². The van der Waals surface area contributed by atoms with Crippen molar-refractivity contribution in [2.24, 2.45) is 5.92 Å². The van der Waals surface area contributed by atoms with E-state index in [9.17, 15) is 9.18 Å². The average molecular weight is 317 g/mol. The molecule has 2 aliphatic rings. The maximum atomic E-state index is 14.1. The second-order valence-corrected chi connectivity index (χ2v) is 7.08. The predicted octanol–water partition coefficient (Wildman–Crippen LogP) is 2.30. The Balaban J connectivity index is 1.70. The molecule has 22 heavy (non-hydrogen) atoms. The van der Waals surface area contributed by atoms with E-state index in [1.165, 1.54) is 17.4 Å². The van der Waals surface area contributed by atoms with E-state index in [0.29, 0.717) is 28.1 Å². The van der Waals surface area contributed by atoms with Crippen molar-refractivity contribution in [2.45, 2.75) is 13.0 Å². The predicted molar refractivity (Wildman–Crippen MR) is 83.4 cm³/mol. The van der Waals surface area contributed by atoms with Gasteiger partial charge in [0.25, 0.3) is 5.91 Å². The van der Waals surface area contributed by atoms with Crippen LogP contribution in [0.3, 0.4) is 0 Å². The molecule has 1 aromatic heterocycles. The lowest BCUT2D eigenvalue weighted by Crippen LogP contribution is -2.51. The molecule has 4 rings (SSSR count). The Morgan fingerprint density at radius 1 is 1.41 bits per heavy atom. The average Bonchev–Trinajstić information content (AvgIpc) is 3.00. The number of hydrogen-bond acceptors (Lipinski definition) is 4. The molecular weight excluding hydrogens is 301 g/mol. The summed E-state index contributed by atoms with van der Waals surface area (Å²) in [5.41, 5.74) is 0.839. The Morgan fingerprint density at radius 2 is 2.23 bits per heavy atom. The second kappa shape index (κ2) is 5.14. The summed E-state index contributed by atoms with van der Waals surface area (Å²) in [7, 11) is 0. The SMILES string of the molecule is Cc1nc(C(=O)N2C[C@@H]3CN[C@H]3C2)c(-c2ccccc2F)s1. The number of amides is 1. The van der Waals surface area contributed by atoms with Crippen molar-refractivity contribution >= 4 is 17.2 Å². The molecule has 0 saturated carbocycles. The normalized spacial score (nSPS) is 23.3. The molecule has 2 aromatic rings. The van der Waals surface area contributed by atoms with E-state index in [2.05, 4.69) is 10.3 Å². The molecule has 0 bridgehead atoms. The van der Waals surface area contributed by atoms with Crippen LogP contribution in [0, 0.1) is 18.7 Å². The summed E-state index contributed by atoms with van der Waals surface area (Å²) in [4.78, 5) is 19.7. The van der Waals surface area contributed by atoms with Crippen molar-refractivity contribution in [3.63, 3.8) is 0 Å². The van der Waals surface area contributed by atoms with Crippen molar-refractivity contribution in [1.82, 2.24) is 15.2 Å². The van der Waals surface area contributed by atoms with Crippen molar-refractivity contribution in [2.75, 3.05) is 19.6 Å². The van der Waals surface area contributed by atoms with Crippen molar-refractivity contribution in [3.05, 3.63) is 40.8 Å². The first-order valence-corrected chi connectivity index (χ1v) is 8.20. The van der Waals surface area contributed by atoms with Gasteiger partial charge in [-0.1, -0.05) is 18.2 Å². The van der Waals surface area contributed by atoms with Crippen LogP contribution in [-0.2, 0) is 0 Å². The van der Waals surface area contributed by atoms with Gasteiger partial charge in [-0.25, -0.2) is 9.37 Å². The van der Waals surface area contributed by atoms with Gasteiger partial charge < -0.3 is 10.2 Å². The number of nitrogens with zero attached hydrogens (tertiary/aromatic N) is 2. The summed E-state index contributed by atoms with van der Waals surface area (Å²) >= 11 is 1.37. The maximum Gasteiger partial charge on any atom is 0.274 e. The van der Waals surface area contributed by atoms with Crippen LogP contribution >= 0.6 is 11.3 Å². The van der Waals surface area contributed by atoms with Gasteiger partial charge in [0.15, 0.2) is 0 Å². The number of fused-ring (bicyclic) bond motifs is 1. The zero-order chi connectivity index (χ0) is 15.3. The van der Waals surface area contributed by atoms with Gasteiger partial charge in [-0.2, -0.15) is 0 Å². The Bertz CT molecular complexity index is 733. The topological polar surface area (TPSA) is 45.2 Å². The molecule has 3 heterocycles. The zero-order valence-corrected chi connectivity index (χ0v) is 13.0. The van der Waals surface area contributed by atoms with Crippen LogP contribution in [-0.4, -0.2) is 41.5 Å². The highest BCUT2D eigenvalue weighted by Gasteiger charge is 2.41. The molecule has 114 valence electrons. The molecule has 1 amide bonds. The third-order valence-electron chi connectivity index (χ3n) is 4.43. The molecule has 2 atom stereocenters. The lowest BCUT2D eigenvalue weighted by Gasteiger charge is -2.29. The molecule has 0 spiro atoms. The fraction of sp³-hybridized carbons (Fsp3) is 0.375. The third-order valence-corrected chi connectivity index (χ3v) is 5.43. The molecule has 2 fully saturated rings. The minimum Gasteiger partial charge on any atom is -0.335 e. The van der Waals surface area contributed by atoms with Gasteiger partial charge in [-0.3, -0.25) is 4.79 Å². The van der Waals surface area contributed by atoms with Crippen molar-refractivity contribution < 1.29 is 9.18 Å². The van der Waals surface area contributed by atoms with Crippen molar-refractivity contribution in [3.8, 4) is 10.4 Å². The van der Waals surface area contributed by atoms with E-state index >= 15 is 0 Å². The van der Waals surface area contributed by atoms with Crippen LogP contribution in [0.5, 0.6) is 0 Å². The number of aryl methyl sites for hydroxylation is 1. The number of likely N-dealkylation sites (tertiary alicyclic amines) is 1. The fourth-order valence-electron chi connectivity index (χ4n) is 3.17. The summed E-state index contributed by atoms with van der Waals surface area (Å²) in [5.74, 6) is 0.155. The lowest BCUT2D eigenvalue weighted by molar-refractivity contribution is 0.0785. The molecular formula is C16H16FN3OS. The van der Waals surface area contributed by atoms with E-state index in [1.807, 2.05) is 11.8 Å². The number of carbonyl (C=O) groups is 1. The number of benzene rings is 1. The summed E-state index contributed by atoms with van der Waals surface area (Å²) in [6.07, 6.45) is 0. The number of hydrogen-bond donors (Lipinski definition) is 1. The molecule has 1 N–H and O–H groups in total. The quantitative estimate of drug-likeness (QED) is 0.924.